The molecule has 1 rings (SSSR count). The second-order valence-corrected chi connectivity index (χ2v) is 7.16. The van der Waals surface area contributed by atoms with Crippen molar-refractivity contribution in [1.29, 1.82) is 5.26 Å². The van der Waals surface area contributed by atoms with Gasteiger partial charge in [0.25, 0.3) is 0 Å². The van der Waals surface area contributed by atoms with Gasteiger partial charge >= 0.3 is 0 Å². The Morgan fingerprint density at radius 1 is 1.41 bits per heavy atom. The summed E-state index contributed by atoms with van der Waals surface area (Å²) in [4.78, 5) is 0. The van der Waals surface area contributed by atoms with Crippen LogP contribution >= 0.6 is 0 Å². The zero-order valence-corrected chi connectivity index (χ0v) is 11.7. The molecule has 0 aromatic rings. The Labute approximate surface area is 105 Å². The highest BCUT2D eigenvalue weighted by atomic mass is 32.2. The van der Waals surface area contributed by atoms with Crippen molar-refractivity contribution in [2.45, 2.75) is 57.7 Å². The van der Waals surface area contributed by atoms with Gasteiger partial charge in [-0.3, -0.25) is 0 Å². The minimum Gasteiger partial charge on any atom is -0.211 e. The molecule has 0 radical (unpaired) electrons. The molecule has 5 heteroatoms. The molecule has 0 amide bonds. The average molecular weight is 258 g/mol. The number of sulfonamides is 1. The van der Waals surface area contributed by atoms with E-state index in [1.807, 2.05) is 6.07 Å². The summed E-state index contributed by atoms with van der Waals surface area (Å²) in [7, 11) is -3.42. The highest BCUT2D eigenvalue weighted by molar-refractivity contribution is 7.90. The van der Waals surface area contributed by atoms with E-state index in [1.54, 1.807) is 11.2 Å². The third kappa shape index (κ3) is 3.68. The maximum absolute atomic E-state index is 12.3. The molecular weight excluding hydrogens is 236 g/mol. The molecule has 1 unspecified atom stereocenters. The first-order valence-electron chi connectivity index (χ1n) is 6.33. The zero-order valence-electron chi connectivity index (χ0n) is 10.9. The fourth-order valence-electron chi connectivity index (χ4n) is 1.80. The quantitative estimate of drug-likeness (QED) is 0.702. The molecule has 0 saturated heterocycles. The van der Waals surface area contributed by atoms with Crippen molar-refractivity contribution in [2.24, 2.45) is 5.92 Å². The smallest absolute Gasteiger partial charge is 0.211 e. The van der Waals surface area contributed by atoms with Crippen molar-refractivity contribution in [3.63, 3.8) is 0 Å². The molecule has 0 heterocycles. The van der Waals surface area contributed by atoms with E-state index in [-0.39, 0.29) is 6.04 Å². The van der Waals surface area contributed by atoms with Crippen molar-refractivity contribution in [3.05, 3.63) is 0 Å². The summed E-state index contributed by atoms with van der Waals surface area (Å²) in [6, 6.07) is 2.07. The predicted molar refractivity (Wildman–Crippen MR) is 67.8 cm³/mol. The first-order chi connectivity index (χ1) is 7.93. The highest BCUT2D eigenvalue weighted by Crippen LogP contribution is 2.31. The van der Waals surface area contributed by atoms with Gasteiger partial charge in [0, 0.05) is 12.6 Å². The molecule has 0 aromatic carbocycles. The summed E-state index contributed by atoms with van der Waals surface area (Å²) in [6.45, 7) is 6.47. The van der Waals surface area contributed by atoms with Gasteiger partial charge in [-0.25, -0.2) is 8.42 Å². The van der Waals surface area contributed by atoms with Crippen LogP contribution in [0.5, 0.6) is 0 Å². The molecule has 0 bridgehead atoms. The minimum atomic E-state index is -3.42. The molecule has 1 fully saturated rings. The molecule has 0 aliphatic heterocycles. The molecular formula is C12H22N2O2S. The van der Waals surface area contributed by atoms with Crippen LogP contribution in [-0.2, 0) is 10.0 Å². The Morgan fingerprint density at radius 3 is 2.35 bits per heavy atom. The normalized spacial score (nSPS) is 18.4. The molecule has 0 aromatic heterocycles. The van der Waals surface area contributed by atoms with Crippen molar-refractivity contribution < 1.29 is 8.42 Å². The van der Waals surface area contributed by atoms with Gasteiger partial charge in [-0.2, -0.15) is 9.57 Å². The molecule has 98 valence electrons. The van der Waals surface area contributed by atoms with Gasteiger partial charge in [-0.1, -0.05) is 20.8 Å². The van der Waals surface area contributed by atoms with Crippen LogP contribution in [-0.4, -0.2) is 30.6 Å². The van der Waals surface area contributed by atoms with Crippen molar-refractivity contribution in [2.75, 3.05) is 6.54 Å². The standard InChI is InChI=1S/C12H22N2O2S/c1-4-12(9-13)17(15,16)14(11-5-6-11)8-7-10(2)3/h10-12H,4-8H2,1-3H3. The molecule has 1 saturated carbocycles. The van der Waals surface area contributed by atoms with E-state index in [0.29, 0.717) is 18.9 Å². The maximum atomic E-state index is 12.3. The molecule has 1 aliphatic rings. The van der Waals surface area contributed by atoms with Crippen LogP contribution in [0.15, 0.2) is 0 Å². The average Bonchev–Trinajstić information content (AvgIpc) is 3.02. The van der Waals surface area contributed by atoms with Crippen LogP contribution in [0, 0.1) is 17.2 Å². The van der Waals surface area contributed by atoms with Crippen LogP contribution in [0.4, 0.5) is 0 Å². The van der Waals surface area contributed by atoms with Crippen molar-refractivity contribution in [3.8, 4) is 6.07 Å². The zero-order chi connectivity index (χ0) is 13.1. The van der Waals surface area contributed by atoms with Gasteiger partial charge in [0.2, 0.25) is 10.0 Å². The third-order valence-electron chi connectivity index (χ3n) is 3.08. The largest absolute Gasteiger partial charge is 0.230 e. The number of rotatable bonds is 7. The topological polar surface area (TPSA) is 61.2 Å². The van der Waals surface area contributed by atoms with Crippen molar-refractivity contribution in [1.82, 2.24) is 4.31 Å². The third-order valence-corrected chi connectivity index (χ3v) is 5.37. The van der Waals surface area contributed by atoms with Gasteiger partial charge < -0.3 is 0 Å². The summed E-state index contributed by atoms with van der Waals surface area (Å²) in [6.07, 6.45) is 3.11. The lowest BCUT2D eigenvalue weighted by Gasteiger charge is -2.24. The Balaban J connectivity index is 2.79. The molecule has 0 N–H and O–H groups in total. The highest BCUT2D eigenvalue weighted by Gasteiger charge is 2.40. The van der Waals surface area contributed by atoms with Gasteiger partial charge in [0.1, 0.15) is 0 Å². The van der Waals surface area contributed by atoms with E-state index >= 15 is 0 Å². The minimum absolute atomic E-state index is 0.154. The Morgan fingerprint density at radius 2 is 2.00 bits per heavy atom. The van der Waals surface area contributed by atoms with Crippen molar-refractivity contribution >= 4 is 10.0 Å². The van der Waals surface area contributed by atoms with Gasteiger partial charge in [-0.15, -0.1) is 0 Å². The van der Waals surface area contributed by atoms with Crippen LogP contribution in [0.25, 0.3) is 0 Å². The summed E-state index contributed by atoms with van der Waals surface area (Å²) in [5.41, 5.74) is 0. The van der Waals surface area contributed by atoms with Crippen LogP contribution in [0.2, 0.25) is 0 Å². The fourth-order valence-corrected chi connectivity index (χ4v) is 3.67. The van der Waals surface area contributed by atoms with E-state index in [9.17, 15) is 8.42 Å². The van der Waals surface area contributed by atoms with E-state index < -0.39 is 15.3 Å². The van der Waals surface area contributed by atoms with E-state index in [0.717, 1.165) is 19.3 Å². The number of hydrogen-bond donors (Lipinski definition) is 0. The van der Waals surface area contributed by atoms with Crippen LogP contribution in [0.1, 0.15) is 46.5 Å². The maximum Gasteiger partial charge on any atom is 0.230 e. The predicted octanol–water partition coefficient (Wildman–Crippen LogP) is 2.13. The van der Waals surface area contributed by atoms with Gasteiger partial charge in [-0.05, 0) is 31.6 Å². The molecule has 4 nitrogen and oxygen atoms in total. The molecule has 1 atom stereocenters. The SMILES string of the molecule is CCC(C#N)S(=O)(=O)N(CCC(C)C)C1CC1. The summed E-state index contributed by atoms with van der Waals surface area (Å²) >= 11 is 0. The summed E-state index contributed by atoms with van der Waals surface area (Å²) in [5.74, 6) is 0.480. The van der Waals surface area contributed by atoms with Crippen LogP contribution < -0.4 is 0 Å². The lowest BCUT2D eigenvalue weighted by Crippen LogP contribution is -2.40. The second-order valence-electron chi connectivity index (χ2n) is 5.10. The second kappa shape index (κ2) is 5.83. The van der Waals surface area contributed by atoms with Gasteiger partial charge in [0.15, 0.2) is 5.25 Å². The molecule has 0 spiro atoms. The summed E-state index contributed by atoms with van der Waals surface area (Å²) < 4.78 is 26.2. The monoisotopic (exact) mass is 258 g/mol. The number of nitrogens with zero attached hydrogens (tertiary/aromatic N) is 2. The lowest BCUT2D eigenvalue weighted by molar-refractivity contribution is 0.370. The molecule has 17 heavy (non-hydrogen) atoms. The Bertz CT molecular complexity index is 380. The van der Waals surface area contributed by atoms with E-state index in [2.05, 4.69) is 13.8 Å². The Hall–Kier alpha value is -0.600. The number of hydrogen-bond acceptors (Lipinski definition) is 3. The van der Waals surface area contributed by atoms with E-state index in [4.69, 9.17) is 5.26 Å². The lowest BCUT2D eigenvalue weighted by atomic mass is 10.1. The van der Waals surface area contributed by atoms with Gasteiger partial charge in [0.05, 0.1) is 6.07 Å². The van der Waals surface area contributed by atoms with Crippen LogP contribution in [0.3, 0.4) is 0 Å². The fraction of sp³-hybridized carbons (Fsp3) is 0.917. The summed E-state index contributed by atoms with van der Waals surface area (Å²) in [5, 5.41) is 8.05. The first kappa shape index (κ1) is 14.5. The first-order valence-corrected chi connectivity index (χ1v) is 7.84. The molecule has 1 aliphatic carbocycles. The number of nitriles is 1. The van der Waals surface area contributed by atoms with E-state index in [1.165, 1.54) is 0 Å². The Kier molecular flexibility index (Phi) is 4.96.